The Labute approximate surface area is 227 Å². The maximum Gasteiger partial charge on any atom is 0.350 e. The van der Waals surface area contributed by atoms with E-state index in [2.05, 4.69) is 31.9 Å². The molecule has 0 aliphatic heterocycles. The molecule has 0 saturated carbocycles. The van der Waals surface area contributed by atoms with Gasteiger partial charge in [0.15, 0.2) is 23.1 Å². The molecule has 0 amide bonds. The lowest BCUT2D eigenvalue weighted by molar-refractivity contribution is -0.134. The lowest BCUT2D eigenvalue weighted by Gasteiger charge is -2.21. The van der Waals surface area contributed by atoms with Crippen molar-refractivity contribution in [1.29, 1.82) is 5.41 Å². The molecule has 1 unspecified atom stereocenters. The Hall–Kier alpha value is -5.53. The van der Waals surface area contributed by atoms with E-state index < -0.39 is 23.5 Å². The van der Waals surface area contributed by atoms with E-state index in [9.17, 15) is 4.79 Å². The minimum atomic E-state index is -0.970. The van der Waals surface area contributed by atoms with Crippen LogP contribution in [0.15, 0.2) is 72.3 Å². The van der Waals surface area contributed by atoms with E-state index in [1.165, 1.54) is 31.6 Å². The molecule has 0 fully saturated rings. The minimum Gasteiger partial charge on any atom is -0.493 e. The smallest absolute Gasteiger partial charge is 0.350 e. The van der Waals surface area contributed by atoms with Gasteiger partial charge in [0.2, 0.25) is 0 Å². The van der Waals surface area contributed by atoms with Crippen LogP contribution >= 0.6 is 0 Å². The number of carboxylic acids is 1. The first-order valence-electron chi connectivity index (χ1n) is 11.6. The normalized spacial score (nSPS) is 11.0. The first-order valence-corrected chi connectivity index (χ1v) is 11.6. The number of carbonyl (C=O) groups is 1. The minimum absolute atomic E-state index is 0.0537. The molecule has 40 heavy (non-hydrogen) atoms. The van der Waals surface area contributed by atoms with Crippen LogP contribution in [-0.2, 0) is 4.79 Å². The van der Waals surface area contributed by atoms with Crippen LogP contribution in [0, 0.1) is 11.2 Å². The van der Waals surface area contributed by atoms with E-state index in [0.29, 0.717) is 11.3 Å². The van der Waals surface area contributed by atoms with Gasteiger partial charge in [0.1, 0.15) is 18.5 Å². The van der Waals surface area contributed by atoms with E-state index in [4.69, 9.17) is 30.5 Å². The molecule has 2 heterocycles. The second-order valence-electron chi connectivity index (χ2n) is 7.96. The highest BCUT2D eigenvalue weighted by Gasteiger charge is 2.27. The summed E-state index contributed by atoms with van der Waals surface area (Å²) in [6, 6.07) is 10.3. The zero-order chi connectivity index (χ0) is 29.2. The predicted octanol–water partition coefficient (Wildman–Crippen LogP) is 2.64. The number of nitrogens with one attached hydrogen (secondary N) is 3. The van der Waals surface area contributed by atoms with Crippen molar-refractivity contribution >= 4 is 17.5 Å². The highest BCUT2D eigenvalue weighted by atomic mass is 19.1. The molecule has 0 spiro atoms. The van der Waals surface area contributed by atoms with Gasteiger partial charge < -0.3 is 25.6 Å². The molecule has 1 atom stereocenters. The lowest BCUT2D eigenvalue weighted by atomic mass is 10.0. The summed E-state index contributed by atoms with van der Waals surface area (Å²) in [5.74, 6) is -1.39. The first kappa shape index (κ1) is 29.0. The third-order valence-electron chi connectivity index (χ3n) is 5.12. The van der Waals surface area contributed by atoms with Crippen LogP contribution in [0.5, 0.6) is 11.5 Å². The Morgan fingerprint density at radius 1 is 1.27 bits per heavy atom. The molecule has 0 saturated heterocycles. The van der Waals surface area contributed by atoms with Crippen molar-refractivity contribution in [1.82, 2.24) is 24.7 Å². The van der Waals surface area contributed by atoms with Crippen molar-refractivity contribution in [3.05, 3.63) is 101 Å². The Balaban J connectivity index is 0.00000103. The molecule has 6 N–H and O–H groups in total. The summed E-state index contributed by atoms with van der Waals surface area (Å²) in [5.41, 5.74) is 6.14. The number of hydrogen-bond acceptors (Lipinski definition) is 9. The number of rotatable bonds is 10. The molecule has 2 aromatic carbocycles. The molecule has 13 nitrogen and oxygen atoms in total. The topological polar surface area (TPSA) is 194 Å². The fourth-order valence-corrected chi connectivity index (χ4v) is 3.43. The van der Waals surface area contributed by atoms with Gasteiger partial charge in [0.05, 0.1) is 7.11 Å². The molecule has 0 radical (unpaired) electrons. The van der Waals surface area contributed by atoms with Crippen LogP contribution in [0.1, 0.15) is 29.9 Å². The lowest BCUT2D eigenvalue weighted by Crippen LogP contribution is -2.18. The molecule has 14 heteroatoms. The maximum atomic E-state index is 15.8. The number of amidine groups is 1. The van der Waals surface area contributed by atoms with Crippen LogP contribution in [0.25, 0.3) is 5.95 Å². The molecule has 2 aromatic heterocycles. The number of aliphatic carboxylic acids is 1. The molecular formula is C26H27FN8O5. The molecule has 4 rings (SSSR count). The predicted molar refractivity (Wildman–Crippen MR) is 145 cm³/mol. The number of ether oxygens (including phenoxy) is 2. The first-order chi connectivity index (χ1) is 19.2. The van der Waals surface area contributed by atoms with E-state index >= 15 is 4.39 Å². The number of anilines is 1. The third kappa shape index (κ3) is 7.06. The highest BCUT2D eigenvalue weighted by Crippen LogP contribution is 2.37. The number of aromatic nitrogens is 5. The number of hydrogen-bond donors (Lipinski definition) is 5. The number of nitrogen functional groups attached to an aromatic ring is 1. The van der Waals surface area contributed by atoms with E-state index in [1.807, 2.05) is 0 Å². The largest absolute Gasteiger partial charge is 0.493 e. The average molecular weight is 551 g/mol. The van der Waals surface area contributed by atoms with E-state index in [-0.39, 0.29) is 41.3 Å². The number of methoxy groups -OCH3 is 1. The van der Waals surface area contributed by atoms with Crippen LogP contribution in [0.2, 0.25) is 0 Å². The summed E-state index contributed by atoms with van der Waals surface area (Å²) in [7, 11) is 1.40. The quantitative estimate of drug-likeness (QED) is 0.111. The number of nitrogens with zero attached hydrogens (tertiary/aromatic N) is 4. The van der Waals surface area contributed by atoms with Crippen molar-refractivity contribution in [2.75, 3.05) is 19.0 Å². The number of aromatic amines is 1. The van der Waals surface area contributed by atoms with Crippen LogP contribution < -0.4 is 26.2 Å². The molecule has 0 aliphatic rings. The SMILES string of the molecule is C=CCOc1c(OC)ccc(C(Nc2ccc(C(=N)N)cc2)c2nn(-c3ncccn3)c(=O)[nH]2)c1F.CC(=O)O. The van der Waals surface area contributed by atoms with Gasteiger partial charge in [-0.15, -0.1) is 9.78 Å². The third-order valence-corrected chi connectivity index (χ3v) is 5.12. The van der Waals surface area contributed by atoms with Crippen molar-refractivity contribution in [3.8, 4) is 17.4 Å². The standard InChI is InChI=1S/C24H23FN8O3.C2H4O2/c1-3-13-36-20-17(35-2)10-9-16(18(20)25)19(30-15-7-5-14(6-8-15)21(26)27)22-31-24(34)33(32-22)23-28-11-4-12-29-23;1-2(3)4/h3-12,19,30H,1,13H2,2H3,(H3,26,27)(H,31,32,34);1H3,(H,3,4). The Kier molecular flexibility index (Phi) is 9.67. The summed E-state index contributed by atoms with van der Waals surface area (Å²) >= 11 is 0. The van der Waals surface area contributed by atoms with Gasteiger partial charge >= 0.3 is 5.69 Å². The van der Waals surface area contributed by atoms with Gasteiger partial charge in [-0.3, -0.25) is 15.2 Å². The Morgan fingerprint density at radius 2 is 1.93 bits per heavy atom. The van der Waals surface area contributed by atoms with Crippen molar-refractivity contribution < 1.29 is 23.8 Å². The van der Waals surface area contributed by atoms with Gasteiger partial charge in [0, 0.05) is 36.1 Å². The van der Waals surface area contributed by atoms with Gasteiger partial charge in [-0.2, -0.15) is 0 Å². The molecule has 0 aliphatic carbocycles. The number of carboxylic acid groups (broad SMARTS) is 1. The molecule has 4 aromatic rings. The summed E-state index contributed by atoms with van der Waals surface area (Å²) in [6.45, 7) is 4.73. The summed E-state index contributed by atoms with van der Waals surface area (Å²) in [6.07, 6.45) is 4.43. The van der Waals surface area contributed by atoms with Gasteiger partial charge in [0.25, 0.3) is 11.9 Å². The number of H-pyrrole nitrogens is 1. The van der Waals surface area contributed by atoms with Crippen LogP contribution in [-0.4, -0.2) is 55.4 Å². The summed E-state index contributed by atoms with van der Waals surface area (Å²) in [5, 5.41) is 22.5. The van der Waals surface area contributed by atoms with Gasteiger partial charge in [-0.25, -0.2) is 19.2 Å². The highest BCUT2D eigenvalue weighted by molar-refractivity contribution is 5.95. The van der Waals surface area contributed by atoms with Crippen LogP contribution in [0.4, 0.5) is 10.1 Å². The van der Waals surface area contributed by atoms with Gasteiger partial charge in [-0.1, -0.05) is 12.7 Å². The second kappa shape index (κ2) is 13.3. The van der Waals surface area contributed by atoms with Crippen molar-refractivity contribution in [3.63, 3.8) is 0 Å². The van der Waals surface area contributed by atoms with Gasteiger partial charge in [-0.05, 0) is 42.5 Å². The van der Waals surface area contributed by atoms with E-state index in [1.54, 1.807) is 36.4 Å². The zero-order valence-electron chi connectivity index (χ0n) is 21.6. The summed E-state index contributed by atoms with van der Waals surface area (Å²) < 4.78 is 27.6. The van der Waals surface area contributed by atoms with Crippen molar-refractivity contribution in [2.45, 2.75) is 13.0 Å². The fourth-order valence-electron chi connectivity index (χ4n) is 3.43. The molecule has 208 valence electrons. The summed E-state index contributed by atoms with van der Waals surface area (Å²) in [4.78, 5) is 32.4. The van der Waals surface area contributed by atoms with E-state index in [0.717, 1.165) is 11.6 Å². The van der Waals surface area contributed by atoms with Crippen molar-refractivity contribution in [2.24, 2.45) is 5.73 Å². The zero-order valence-corrected chi connectivity index (χ0v) is 21.6. The number of halogens is 1. The van der Waals surface area contributed by atoms with Crippen LogP contribution in [0.3, 0.4) is 0 Å². The Bertz CT molecular complexity index is 1530. The number of benzene rings is 2. The molecular weight excluding hydrogens is 523 g/mol. The Morgan fingerprint density at radius 3 is 2.50 bits per heavy atom. The number of nitrogens with two attached hydrogens (primary N) is 1. The molecule has 0 bridgehead atoms. The maximum absolute atomic E-state index is 15.8. The second-order valence-corrected chi connectivity index (χ2v) is 7.96. The average Bonchev–Trinajstić information content (AvgIpc) is 3.32. The monoisotopic (exact) mass is 550 g/mol. The fraction of sp³-hybridized carbons (Fsp3) is 0.154.